The Kier molecular flexibility index (Phi) is 5.65. The zero-order valence-electron chi connectivity index (χ0n) is 16.1. The molecule has 1 aromatic heterocycles. The number of aromatic amines is 1. The van der Waals surface area contributed by atoms with Crippen molar-refractivity contribution in [2.75, 3.05) is 18.4 Å². The lowest BCUT2D eigenvalue weighted by molar-refractivity contribution is 0.0303. The molecule has 1 fully saturated rings. The normalized spacial score (nSPS) is 19.9. The van der Waals surface area contributed by atoms with Gasteiger partial charge in [0.25, 0.3) is 5.91 Å². The van der Waals surface area contributed by atoms with E-state index in [1.54, 1.807) is 0 Å². The molecule has 170 valence electrons. The average Bonchev–Trinajstić information content (AvgIpc) is 3.21. The standard InChI is InChI=1S/C19H16F4N4O4S/c20-11-5-10(6-12(21)17(11)23)26-19(29)9-3-14-18(25-8-24-14)16(4-9)32(30,31)27-2-1-15(28)13(22)7-27/h3-6,8,13,15,28H,1-2,7H2,(H,24,25)(H,26,29). The first kappa shape index (κ1) is 22.2. The highest BCUT2D eigenvalue weighted by Crippen LogP contribution is 2.29. The predicted octanol–water partition coefficient (Wildman–Crippen LogP) is 2.33. The van der Waals surface area contributed by atoms with Crippen LogP contribution in [0.4, 0.5) is 23.2 Å². The molecule has 1 saturated heterocycles. The summed E-state index contributed by atoms with van der Waals surface area (Å²) in [6.07, 6.45) is -1.95. The van der Waals surface area contributed by atoms with E-state index in [4.69, 9.17) is 0 Å². The third-order valence-electron chi connectivity index (χ3n) is 5.09. The Morgan fingerprint density at radius 3 is 2.53 bits per heavy atom. The summed E-state index contributed by atoms with van der Waals surface area (Å²) in [6, 6.07) is 3.40. The van der Waals surface area contributed by atoms with Gasteiger partial charge >= 0.3 is 0 Å². The predicted molar refractivity (Wildman–Crippen MR) is 105 cm³/mol. The fourth-order valence-electron chi connectivity index (χ4n) is 3.40. The molecule has 2 unspecified atom stereocenters. The number of halogens is 4. The van der Waals surface area contributed by atoms with E-state index in [-0.39, 0.29) is 40.1 Å². The van der Waals surface area contributed by atoms with Crippen LogP contribution >= 0.6 is 0 Å². The number of hydrogen-bond acceptors (Lipinski definition) is 5. The quantitative estimate of drug-likeness (QED) is 0.398. The van der Waals surface area contributed by atoms with Crippen LogP contribution in [0.15, 0.2) is 35.5 Å². The second-order valence-corrected chi connectivity index (χ2v) is 9.12. The second kappa shape index (κ2) is 8.15. The van der Waals surface area contributed by atoms with Gasteiger partial charge in [0.05, 0.1) is 23.5 Å². The number of nitrogens with zero attached hydrogens (tertiary/aromatic N) is 2. The molecule has 3 aromatic rings. The Hall–Kier alpha value is -3.03. The van der Waals surface area contributed by atoms with E-state index in [1.807, 2.05) is 0 Å². The van der Waals surface area contributed by atoms with Crippen molar-refractivity contribution in [2.24, 2.45) is 0 Å². The zero-order valence-corrected chi connectivity index (χ0v) is 17.0. The van der Waals surface area contributed by atoms with Crippen LogP contribution in [0.5, 0.6) is 0 Å². The van der Waals surface area contributed by atoms with Gasteiger partial charge in [-0.2, -0.15) is 4.31 Å². The summed E-state index contributed by atoms with van der Waals surface area (Å²) >= 11 is 0. The summed E-state index contributed by atoms with van der Waals surface area (Å²) in [6.45, 7) is -0.701. The lowest BCUT2D eigenvalue weighted by Crippen LogP contribution is -2.47. The van der Waals surface area contributed by atoms with Crippen LogP contribution in [0.1, 0.15) is 16.8 Å². The number of amides is 1. The van der Waals surface area contributed by atoms with Crippen molar-refractivity contribution in [3.63, 3.8) is 0 Å². The summed E-state index contributed by atoms with van der Waals surface area (Å²) in [5.41, 5.74) is -0.436. The number of aliphatic hydroxyl groups is 1. The molecule has 0 spiro atoms. The number of alkyl halides is 1. The number of aliphatic hydroxyl groups excluding tert-OH is 1. The van der Waals surface area contributed by atoms with Gasteiger partial charge in [0.1, 0.15) is 11.1 Å². The fourth-order valence-corrected chi connectivity index (χ4v) is 5.06. The zero-order chi connectivity index (χ0) is 23.2. The van der Waals surface area contributed by atoms with Gasteiger partial charge in [-0.05, 0) is 18.6 Å². The number of sulfonamides is 1. The molecule has 32 heavy (non-hydrogen) atoms. The third kappa shape index (κ3) is 3.94. The van der Waals surface area contributed by atoms with Gasteiger partial charge < -0.3 is 15.4 Å². The Balaban J connectivity index is 1.71. The first-order chi connectivity index (χ1) is 15.1. The molecule has 4 rings (SSSR count). The van der Waals surface area contributed by atoms with Crippen molar-refractivity contribution >= 4 is 32.7 Å². The van der Waals surface area contributed by atoms with Gasteiger partial charge in [0.15, 0.2) is 17.5 Å². The van der Waals surface area contributed by atoms with E-state index >= 15 is 0 Å². The molecule has 1 aliphatic heterocycles. The van der Waals surface area contributed by atoms with E-state index in [2.05, 4.69) is 15.3 Å². The first-order valence-electron chi connectivity index (χ1n) is 9.33. The molecule has 2 atom stereocenters. The van der Waals surface area contributed by atoms with Crippen LogP contribution in [0, 0.1) is 17.5 Å². The molecule has 0 bridgehead atoms. The molecule has 0 saturated carbocycles. The minimum absolute atomic E-state index is 0.0713. The molecular formula is C19H16F4N4O4S. The highest BCUT2D eigenvalue weighted by molar-refractivity contribution is 7.89. The maximum absolute atomic E-state index is 13.9. The molecule has 13 heteroatoms. The molecule has 1 aliphatic rings. The van der Waals surface area contributed by atoms with Gasteiger partial charge in [-0.25, -0.2) is 31.0 Å². The minimum atomic E-state index is -4.30. The van der Waals surface area contributed by atoms with Crippen LogP contribution < -0.4 is 5.32 Å². The summed E-state index contributed by atoms with van der Waals surface area (Å²) in [5.74, 6) is -5.67. The van der Waals surface area contributed by atoms with Gasteiger partial charge in [-0.3, -0.25) is 4.79 Å². The summed E-state index contributed by atoms with van der Waals surface area (Å²) in [7, 11) is -4.30. The lowest BCUT2D eigenvalue weighted by Gasteiger charge is -2.31. The van der Waals surface area contributed by atoms with Crippen molar-refractivity contribution in [1.29, 1.82) is 0 Å². The number of piperidine rings is 1. The largest absolute Gasteiger partial charge is 0.390 e. The van der Waals surface area contributed by atoms with Crippen molar-refractivity contribution < 1.29 is 35.9 Å². The third-order valence-corrected chi connectivity index (χ3v) is 6.97. The number of rotatable bonds is 4. The molecule has 3 N–H and O–H groups in total. The number of carbonyl (C=O) groups excluding carboxylic acids is 1. The van der Waals surface area contributed by atoms with E-state index in [0.717, 1.165) is 10.4 Å². The van der Waals surface area contributed by atoms with Crippen molar-refractivity contribution in [1.82, 2.24) is 14.3 Å². The Labute approximate surface area is 178 Å². The Morgan fingerprint density at radius 1 is 1.19 bits per heavy atom. The van der Waals surface area contributed by atoms with Crippen LogP contribution in [0.2, 0.25) is 0 Å². The summed E-state index contributed by atoms with van der Waals surface area (Å²) in [4.78, 5) is 18.9. The molecule has 2 heterocycles. The number of aromatic nitrogens is 2. The molecule has 2 aromatic carbocycles. The lowest BCUT2D eigenvalue weighted by atomic mass is 10.1. The minimum Gasteiger partial charge on any atom is -0.390 e. The highest BCUT2D eigenvalue weighted by Gasteiger charge is 2.36. The van der Waals surface area contributed by atoms with E-state index in [0.29, 0.717) is 12.1 Å². The van der Waals surface area contributed by atoms with Crippen molar-refractivity contribution in [3.05, 3.63) is 53.6 Å². The summed E-state index contributed by atoms with van der Waals surface area (Å²) in [5, 5.41) is 11.7. The molecule has 0 radical (unpaired) electrons. The van der Waals surface area contributed by atoms with E-state index < -0.39 is 52.2 Å². The maximum Gasteiger partial charge on any atom is 0.255 e. The van der Waals surface area contributed by atoms with Gasteiger partial charge in [-0.1, -0.05) is 0 Å². The van der Waals surface area contributed by atoms with Crippen LogP contribution in [-0.2, 0) is 10.0 Å². The number of anilines is 1. The molecular weight excluding hydrogens is 456 g/mol. The van der Waals surface area contributed by atoms with Gasteiger partial charge in [-0.15, -0.1) is 0 Å². The van der Waals surface area contributed by atoms with Crippen molar-refractivity contribution in [3.8, 4) is 0 Å². The van der Waals surface area contributed by atoms with E-state index in [9.17, 15) is 35.9 Å². The fraction of sp³-hybridized carbons (Fsp3) is 0.263. The van der Waals surface area contributed by atoms with Crippen LogP contribution in [0.25, 0.3) is 11.0 Å². The summed E-state index contributed by atoms with van der Waals surface area (Å²) < 4.78 is 81.1. The topological polar surface area (TPSA) is 115 Å². The maximum atomic E-state index is 13.9. The number of benzene rings is 2. The van der Waals surface area contributed by atoms with Crippen LogP contribution in [0.3, 0.4) is 0 Å². The Morgan fingerprint density at radius 2 is 1.88 bits per heavy atom. The van der Waals surface area contributed by atoms with Crippen LogP contribution in [-0.4, -0.2) is 59.1 Å². The average molecular weight is 472 g/mol. The number of H-pyrrole nitrogens is 1. The monoisotopic (exact) mass is 472 g/mol. The number of hydrogen-bond donors (Lipinski definition) is 3. The molecule has 1 amide bonds. The van der Waals surface area contributed by atoms with Crippen molar-refractivity contribution in [2.45, 2.75) is 23.6 Å². The first-order valence-corrected chi connectivity index (χ1v) is 10.8. The number of nitrogens with one attached hydrogen (secondary N) is 2. The Bertz CT molecular complexity index is 1290. The number of carbonyl (C=O) groups is 1. The second-order valence-electron chi connectivity index (χ2n) is 7.21. The highest BCUT2D eigenvalue weighted by atomic mass is 32.2. The number of imidazole rings is 1. The molecule has 8 nitrogen and oxygen atoms in total. The van der Waals surface area contributed by atoms with E-state index in [1.165, 1.54) is 12.4 Å². The molecule has 0 aliphatic carbocycles. The SMILES string of the molecule is O=C(Nc1cc(F)c(F)c(F)c1)c1cc(S(=O)(=O)N2CCC(O)C(F)C2)c2[nH]cnc2c1. The smallest absolute Gasteiger partial charge is 0.255 e. The van der Waals surface area contributed by atoms with Gasteiger partial charge in [0.2, 0.25) is 10.0 Å². The number of fused-ring (bicyclic) bond motifs is 1. The van der Waals surface area contributed by atoms with Gasteiger partial charge in [0, 0.05) is 36.5 Å².